The summed E-state index contributed by atoms with van der Waals surface area (Å²) in [6.45, 7) is 6.04. The second-order valence-electron chi connectivity index (χ2n) is 6.47. The largest absolute Gasteiger partial charge is 0.341 e. The summed E-state index contributed by atoms with van der Waals surface area (Å²) in [6.07, 6.45) is 2.13. The van der Waals surface area contributed by atoms with Gasteiger partial charge in [-0.2, -0.15) is 4.98 Å². The first kappa shape index (κ1) is 16.6. The summed E-state index contributed by atoms with van der Waals surface area (Å²) in [5.41, 5.74) is 0.956. The van der Waals surface area contributed by atoms with E-state index in [-0.39, 0.29) is 5.91 Å². The lowest BCUT2D eigenvalue weighted by Gasteiger charge is -2.33. The van der Waals surface area contributed by atoms with Gasteiger partial charge in [-0.1, -0.05) is 42.4 Å². The van der Waals surface area contributed by atoms with Crippen LogP contribution in [0, 0.1) is 12.8 Å². The van der Waals surface area contributed by atoms with E-state index in [4.69, 9.17) is 4.52 Å². The number of nitrogens with zero attached hydrogens (tertiary/aromatic N) is 3. The minimum atomic E-state index is -0.396. The third-order valence-corrected chi connectivity index (χ3v) is 4.50. The molecule has 1 aromatic heterocycles. The first-order chi connectivity index (χ1) is 11.6. The van der Waals surface area contributed by atoms with Gasteiger partial charge in [-0.25, -0.2) is 0 Å². The number of likely N-dealkylation sites (tertiary alicyclic amines) is 1. The van der Waals surface area contributed by atoms with E-state index in [0.717, 1.165) is 31.5 Å². The van der Waals surface area contributed by atoms with Gasteiger partial charge in [-0.3, -0.25) is 10.1 Å². The zero-order chi connectivity index (χ0) is 16.9. The van der Waals surface area contributed by atoms with Crippen LogP contribution in [-0.2, 0) is 11.3 Å². The van der Waals surface area contributed by atoms with Crippen molar-refractivity contribution < 1.29 is 9.32 Å². The SMILES string of the molecule is Cc1noc(CNC(C(=O)N2CCC(C)CC2)c2ccccc2)n1. The number of benzene rings is 1. The normalized spacial score (nSPS) is 17.0. The fourth-order valence-electron chi connectivity index (χ4n) is 3.01. The van der Waals surface area contributed by atoms with E-state index < -0.39 is 6.04 Å². The molecule has 0 radical (unpaired) electrons. The number of rotatable bonds is 5. The lowest BCUT2D eigenvalue weighted by atomic mass is 9.97. The van der Waals surface area contributed by atoms with Gasteiger partial charge in [0.2, 0.25) is 11.8 Å². The summed E-state index contributed by atoms with van der Waals surface area (Å²) < 4.78 is 5.14. The van der Waals surface area contributed by atoms with Gasteiger partial charge in [0.25, 0.3) is 0 Å². The number of aromatic nitrogens is 2. The number of aryl methyl sites for hydroxylation is 1. The maximum Gasteiger partial charge on any atom is 0.244 e. The molecule has 1 fully saturated rings. The molecule has 1 N–H and O–H groups in total. The molecule has 2 aromatic rings. The average Bonchev–Trinajstić information content (AvgIpc) is 3.02. The number of carbonyl (C=O) groups excluding carboxylic acids is 1. The van der Waals surface area contributed by atoms with Crippen molar-refractivity contribution >= 4 is 5.91 Å². The van der Waals surface area contributed by atoms with Gasteiger partial charge in [0.15, 0.2) is 5.82 Å². The van der Waals surface area contributed by atoms with Gasteiger partial charge in [0, 0.05) is 13.1 Å². The van der Waals surface area contributed by atoms with Gasteiger partial charge >= 0.3 is 0 Å². The molecule has 0 bridgehead atoms. The van der Waals surface area contributed by atoms with Crippen LogP contribution in [0.25, 0.3) is 0 Å². The molecule has 6 nitrogen and oxygen atoms in total. The molecule has 1 amide bonds. The summed E-state index contributed by atoms with van der Waals surface area (Å²) in [4.78, 5) is 19.2. The average molecular weight is 328 g/mol. The third kappa shape index (κ3) is 4.00. The number of nitrogens with one attached hydrogen (secondary N) is 1. The van der Waals surface area contributed by atoms with E-state index in [1.807, 2.05) is 35.2 Å². The fraction of sp³-hybridized carbons (Fsp3) is 0.500. The Morgan fingerprint density at radius 1 is 1.33 bits per heavy atom. The maximum absolute atomic E-state index is 13.0. The molecule has 1 saturated heterocycles. The molecule has 0 spiro atoms. The topological polar surface area (TPSA) is 71.3 Å². The van der Waals surface area contributed by atoms with Gasteiger partial charge in [0.05, 0.1) is 6.54 Å². The van der Waals surface area contributed by atoms with E-state index in [2.05, 4.69) is 22.4 Å². The smallest absolute Gasteiger partial charge is 0.244 e. The van der Waals surface area contributed by atoms with E-state index in [0.29, 0.717) is 24.2 Å². The molecule has 24 heavy (non-hydrogen) atoms. The highest BCUT2D eigenvalue weighted by Crippen LogP contribution is 2.22. The van der Waals surface area contributed by atoms with Crippen molar-refractivity contribution in [2.45, 2.75) is 39.3 Å². The van der Waals surface area contributed by atoms with Crippen molar-refractivity contribution in [1.82, 2.24) is 20.4 Å². The molecule has 0 aliphatic carbocycles. The first-order valence-electron chi connectivity index (χ1n) is 8.50. The Labute approximate surface area is 142 Å². The van der Waals surface area contributed by atoms with Crippen LogP contribution in [0.2, 0.25) is 0 Å². The van der Waals surface area contributed by atoms with Crippen molar-refractivity contribution in [3.05, 3.63) is 47.6 Å². The fourth-order valence-corrected chi connectivity index (χ4v) is 3.01. The Hall–Kier alpha value is -2.21. The van der Waals surface area contributed by atoms with Crippen LogP contribution in [0.3, 0.4) is 0 Å². The Kier molecular flexibility index (Phi) is 5.25. The van der Waals surface area contributed by atoms with Crippen molar-refractivity contribution in [2.24, 2.45) is 5.92 Å². The van der Waals surface area contributed by atoms with Gasteiger partial charge in [0.1, 0.15) is 6.04 Å². The predicted octanol–water partition coefficient (Wildman–Crippen LogP) is 2.47. The number of carbonyl (C=O) groups is 1. The van der Waals surface area contributed by atoms with Crippen molar-refractivity contribution in [1.29, 1.82) is 0 Å². The molecule has 1 aromatic carbocycles. The van der Waals surface area contributed by atoms with Crippen LogP contribution in [0.1, 0.15) is 43.1 Å². The van der Waals surface area contributed by atoms with Crippen LogP contribution in [0.4, 0.5) is 0 Å². The lowest BCUT2D eigenvalue weighted by Crippen LogP contribution is -2.44. The minimum Gasteiger partial charge on any atom is -0.341 e. The Morgan fingerprint density at radius 2 is 2.04 bits per heavy atom. The lowest BCUT2D eigenvalue weighted by molar-refractivity contribution is -0.135. The highest BCUT2D eigenvalue weighted by atomic mass is 16.5. The molecule has 6 heteroatoms. The molecular formula is C18H24N4O2. The van der Waals surface area contributed by atoms with Crippen LogP contribution in [0.5, 0.6) is 0 Å². The Bertz CT molecular complexity index is 663. The molecule has 128 valence electrons. The van der Waals surface area contributed by atoms with Crippen molar-refractivity contribution in [2.75, 3.05) is 13.1 Å². The summed E-state index contributed by atoms with van der Waals surface area (Å²) in [5, 5.41) is 7.08. The van der Waals surface area contributed by atoms with Crippen LogP contribution >= 0.6 is 0 Å². The van der Waals surface area contributed by atoms with E-state index in [1.165, 1.54) is 0 Å². The summed E-state index contributed by atoms with van der Waals surface area (Å²) in [6, 6.07) is 9.41. The summed E-state index contributed by atoms with van der Waals surface area (Å²) in [7, 11) is 0. The van der Waals surface area contributed by atoms with Crippen LogP contribution < -0.4 is 5.32 Å². The molecule has 3 rings (SSSR count). The zero-order valence-corrected chi connectivity index (χ0v) is 14.2. The van der Waals surface area contributed by atoms with Gasteiger partial charge in [-0.15, -0.1) is 0 Å². The van der Waals surface area contributed by atoms with Crippen molar-refractivity contribution in [3.63, 3.8) is 0 Å². The molecule has 1 unspecified atom stereocenters. The van der Waals surface area contributed by atoms with Gasteiger partial charge < -0.3 is 9.42 Å². The summed E-state index contributed by atoms with van der Waals surface area (Å²) in [5.74, 6) is 1.90. The molecular weight excluding hydrogens is 304 g/mol. The second kappa shape index (κ2) is 7.57. The highest BCUT2D eigenvalue weighted by Gasteiger charge is 2.28. The molecule has 1 aliphatic heterocycles. The maximum atomic E-state index is 13.0. The zero-order valence-electron chi connectivity index (χ0n) is 14.2. The molecule has 1 atom stereocenters. The number of hydrogen-bond donors (Lipinski definition) is 1. The highest BCUT2D eigenvalue weighted by molar-refractivity contribution is 5.83. The van der Waals surface area contributed by atoms with Crippen LogP contribution in [-0.4, -0.2) is 34.0 Å². The minimum absolute atomic E-state index is 0.115. The van der Waals surface area contributed by atoms with Crippen LogP contribution in [0.15, 0.2) is 34.9 Å². The molecule has 0 saturated carbocycles. The number of hydrogen-bond acceptors (Lipinski definition) is 5. The first-order valence-corrected chi connectivity index (χ1v) is 8.50. The Balaban J connectivity index is 1.73. The molecule has 2 heterocycles. The summed E-state index contributed by atoms with van der Waals surface area (Å²) >= 11 is 0. The second-order valence-corrected chi connectivity index (χ2v) is 6.47. The molecule has 1 aliphatic rings. The number of amides is 1. The Morgan fingerprint density at radius 3 is 2.67 bits per heavy atom. The monoisotopic (exact) mass is 328 g/mol. The quantitative estimate of drug-likeness (QED) is 0.913. The number of piperidine rings is 1. The van der Waals surface area contributed by atoms with Crippen molar-refractivity contribution in [3.8, 4) is 0 Å². The van der Waals surface area contributed by atoms with E-state index in [9.17, 15) is 4.79 Å². The van der Waals surface area contributed by atoms with E-state index in [1.54, 1.807) is 6.92 Å². The predicted molar refractivity (Wildman–Crippen MR) is 90.0 cm³/mol. The standard InChI is InChI=1S/C18H24N4O2/c1-13-8-10-22(11-9-13)18(23)17(15-6-4-3-5-7-15)19-12-16-20-14(2)21-24-16/h3-7,13,17,19H,8-12H2,1-2H3. The van der Waals surface area contributed by atoms with E-state index >= 15 is 0 Å². The third-order valence-electron chi connectivity index (χ3n) is 4.50. The van der Waals surface area contributed by atoms with Gasteiger partial charge in [-0.05, 0) is 31.2 Å².